The molecule has 1 heterocycles. The van der Waals surface area contributed by atoms with Crippen molar-refractivity contribution in [3.05, 3.63) is 11.4 Å². The highest BCUT2D eigenvalue weighted by molar-refractivity contribution is 7.99. The summed E-state index contributed by atoms with van der Waals surface area (Å²) in [7, 11) is 0. The summed E-state index contributed by atoms with van der Waals surface area (Å²) in [4.78, 5) is 19.0. The van der Waals surface area contributed by atoms with Crippen molar-refractivity contribution >= 4 is 17.8 Å². The van der Waals surface area contributed by atoms with E-state index in [1.54, 1.807) is 0 Å². The average Bonchev–Trinajstić information content (AvgIpc) is 3.04. The van der Waals surface area contributed by atoms with E-state index in [9.17, 15) is 4.79 Å². The van der Waals surface area contributed by atoms with E-state index < -0.39 is 6.03 Å². The third-order valence-corrected chi connectivity index (χ3v) is 6.20. The Labute approximate surface area is 176 Å². The molecule has 2 amide bonds. The number of unbranched alkanes of at least 4 members (excludes halogenated alkanes) is 3. The Bertz CT molecular complexity index is 509. The molecule has 1 aromatic rings. The Morgan fingerprint density at radius 2 is 1.79 bits per heavy atom. The lowest BCUT2D eigenvalue weighted by Gasteiger charge is -2.14. The summed E-state index contributed by atoms with van der Waals surface area (Å²) in [5.74, 6) is 1.97. The van der Waals surface area contributed by atoms with Crippen molar-refractivity contribution in [1.82, 2.24) is 15.3 Å². The Kier molecular flexibility index (Phi) is 14.0. The lowest BCUT2D eigenvalue weighted by molar-refractivity contribution is 0.248. The number of nitrogens with zero attached hydrogens (tertiary/aromatic N) is 1. The molecule has 0 aliphatic heterocycles. The van der Waals surface area contributed by atoms with Gasteiger partial charge in [-0.15, -0.1) is 0 Å². The van der Waals surface area contributed by atoms with Gasteiger partial charge in [0.1, 0.15) is 0 Å². The molecule has 0 saturated carbocycles. The number of nitrogens with one attached hydrogen (secondary N) is 2. The Balaban J connectivity index is 2.14. The first-order chi connectivity index (χ1) is 13.6. The maximum absolute atomic E-state index is 10.7. The summed E-state index contributed by atoms with van der Waals surface area (Å²) in [5, 5.41) is 3.78. The van der Waals surface area contributed by atoms with Gasteiger partial charge in [-0.2, -0.15) is 0 Å². The second-order valence-electron chi connectivity index (χ2n) is 7.73. The number of urea groups is 1. The standard InChI is InChI=1S/C22H42N4OS/c1-4-12-19-20(13-5-2)26-22(25-19)28-17-11-7-8-14-18(6-3)15-9-10-16-24-21(23)27/h18H,4-17H2,1-3H3,(H,25,26)(H3,23,24,27). The number of thioether (sulfide) groups is 1. The molecule has 0 spiro atoms. The Morgan fingerprint density at radius 1 is 1.07 bits per heavy atom. The van der Waals surface area contributed by atoms with Crippen LogP contribution >= 0.6 is 11.8 Å². The molecule has 0 saturated heterocycles. The van der Waals surface area contributed by atoms with E-state index in [1.807, 2.05) is 11.8 Å². The lowest BCUT2D eigenvalue weighted by atomic mass is 9.93. The van der Waals surface area contributed by atoms with Crippen LogP contribution in [-0.4, -0.2) is 28.3 Å². The largest absolute Gasteiger partial charge is 0.352 e. The number of aromatic nitrogens is 2. The first kappa shape index (κ1) is 24.9. The van der Waals surface area contributed by atoms with Crippen molar-refractivity contribution < 1.29 is 4.79 Å². The normalized spacial score (nSPS) is 12.2. The molecule has 0 fully saturated rings. The number of primary amides is 1. The van der Waals surface area contributed by atoms with E-state index in [4.69, 9.17) is 10.7 Å². The van der Waals surface area contributed by atoms with Crippen LogP contribution in [0.1, 0.15) is 96.4 Å². The van der Waals surface area contributed by atoms with Crippen molar-refractivity contribution in [2.45, 2.75) is 103 Å². The number of aryl methyl sites for hydroxylation is 2. The summed E-state index contributed by atoms with van der Waals surface area (Å²) in [6.07, 6.45) is 14.5. The van der Waals surface area contributed by atoms with Crippen molar-refractivity contribution in [3.8, 4) is 0 Å². The zero-order valence-corrected chi connectivity index (χ0v) is 19.1. The molecule has 4 N–H and O–H groups in total. The number of hydrogen-bond acceptors (Lipinski definition) is 3. The third kappa shape index (κ3) is 11.0. The van der Waals surface area contributed by atoms with Gasteiger partial charge in [-0.25, -0.2) is 9.78 Å². The highest BCUT2D eigenvalue weighted by atomic mass is 32.2. The molecule has 1 atom stereocenters. The van der Waals surface area contributed by atoms with Gasteiger partial charge in [-0.05, 0) is 31.6 Å². The van der Waals surface area contributed by atoms with Crippen LogP contribution in [-0.2, 0) is 12.8 Å². The fraction of sp³-hybridized carbons (Fsp3) is 0.818. The van der Waals surface area contributed by atoms with E-state index in [0.29, 0.717) is 6.54 Å². The summed E-state index contributed by atoms with van der Waals surface area (Å²) in [6.45, 7) is 7.44. The topological polar surface area (TPSA) is 83.8 Å². The van der Waals surface area contributed by atoms with E-state index in [2.05, 4.69) is 31.1 Å². The number of amides is 2. The van der Waals surface area contributed by atoms with Gasteiger partial charge >= 0.3 is 6.03 Å². The predicted molar refractivity (Wildman–Crippen MR) is 121 cm³/mol. The molecule has 162 valence electrons. The van der Waals surface area contributed by atoms with Crippen LogP contribution in [0.15, 0.2) is 5.16 Å². The molecule has 0 aromatic carbocycles. The molecule has 0 radical (unpaired) electrons. The second kappa shape index (κ2) is 15.7. The van der Waals surface area contributed by atoms with Crippen LogP contribution in [0, 0.1) is 5.92 Å². The van der Waals surface area contributed by atoms with Crippen molar-refractivity contribution in [3.63, 3.8) is 0 Å². The smallest absolute Gasteiger partial charge is 0.312 e. The van der Waals surface area contributed by atoms with Crippen LogP contribution in [0.25, 0.3) is 0 Å². The maximum Gasteiger partial charge on any atom is 0.312 e. The van der Waals surface area contributed by atoms with Gasteiger partial charge < -0.3 is 16.0 Å². The first-order valence-corrected chi connectivity index (χ1v) is 12.3. The number of rotatable bonds is 17. The second-order valence-corrected chi connectivity index (χ2v) is 8.81. The Hall–Kier alpha value is -1.17. The molecule has 1 aromatic heterocycles. The molecular weight excluding hydrogens is 368 g/mol. The minimum atomic E-state index is -0.414. The van der Waals surface area contributed by atoms with Crippen molar-refractivity contribution in [2.75, 3.05) is 12.3 Å². The molecule has 5 nitrogen and oxygen atoms in total. The first-order valence-electron chi connectivity index (χ1n) is 11.3. The van der Waals surface area contributed by atoms with Gasteiger partial charge in [-0.1, -0.05) is 83.9 Å². The van der Waals surface area contributed by atoms with Crippen molar-refractivity contribution in [2.24, 2.45) is 11.7 Å². The summed E-state index contributed by atoms with van der Waals surface area (Å²) >= 11 is 1.88. The molecule has 1 unspecified atom stereocenters. The minimum absolute atomic E-state index is 0.414. The number of carbonyl (C=O) groups excluding carboxylic acids is 1. The highest BCUT2D eigenvalue weighted by Gasteiger charge is 2.10. The fourth-order valence-corrected chi connectivity index (χ4v) is 4.50. The van der Waals surface area contributed by atoms with Gasteiger partial charge in [0.05, 0.1) is 5.69 Å². The number of H-pyrrole nitrogens is 1. The zero-order valence-electron chi connectivity index (χ0n) is 18.3. The molecule has 0 aliphatic carbocycles. The van der Waals surface area contributed by atoms with Crippen molar-refractivity contribution in [1.29, 1.82) is 0 Å². The fourth-order valence-electron chi connectivity index (χ4n) is 3.59. The molecule has 0 aliphatic rings. The number of imidazole rings is 1. The van der Waals surface area contributed by atoms with Crippen LogP contribution < -0.4 is 11.1 Å². The van der Waals surface area contributed by atoms with Gasteiger partial charge in [0.2, 0.25) is 0 Å². The highest BCUT2D eigenvalue weighted by Crippen LogP contribution is 2.23. The zero-order chi connectivity index (χ0) is 20.6. The molecular formula is C22H42N4OS. The molecule has 28 heavy (non-hydrogen) atoms. The Morgan fingerprint density at radius 3 is 2.43 bits per heavy atom. The van der Waals surface area contributed by atoms with Crippen LogP contribution in [0.2, 0.25) is 0 Å². The van der Waals surface area contributed by atoms with E-state index >= 15 is 0 Å². The summed E-state index contributed by atoms with van der Waals surface area (Å²) in [6, 6.07) is -0.414. The van der Waals surface area contributed by atoms with Crippen LogP contribution in [0.5, 0.6) is 0 Å². The van der Waals surface area contributed by atoms with Crippen LogP contribution in [0.3, 0.4) is 0 Å². The van der Waals surface area contributed by atoms with E-state index in [-0.39, 0.29) is 0 Å². The minimum Gasteiger partial charge on any atom is -0.352 e. The number of hydrogen-bond donors (Lipinski definition) is 3. The van der Waals surface area contributed by atoms with Gasteiger partial charge in [-0.3, -0.25) is 0 Å². The number of carbonyl (C=O) groups is 1. The van der Waals surface area contributed by atoms with Gasteiger partial charge in [0, 0.05) is 18.0 Å². The predicted octanol–water partition coefficient (Wildman–Crippen LogP) is 5.83. The summed E-state index contributed by atoms with van der Waals surface area (Å²) in [5.41, 5.74) is 7.71. The van der Waals surface area contributed by atoms with Crippen LogP contribution in [0.4, 0.5) is 4.79 Å². The monoisotopic (exact) mass is 410 g/mol. The lowest BCUT2D eigenvalue weighted by Crippen LogP contribution is -2.30. The third-order valence-electron chi connectivity index (χ3n) is 5.24. The van der Waals surface area contributed by atoms with E-state index in [0.717, 1.165) is 42.5 Å². The number of nitrogens with two attached hydrogens (primary N) is 1. The average molecular weight is 411 g/mol. The molecule has 0 bridgehead atoms. The van der Waals surface area contributed by atoms with E-state index in [1.165, 1.54) is 62.8 Å². The quantitative estimate of drug-likeness (QED) is 0.223. The molecule has 6 heteroatoms. The SMILES string of the molecule is CCCc1nc(SCCCCCC(CC)CCCCNC(N)=O)[nH]c1CCC. The van der Waals surface area contributed by atoms with Gasteiger partial charge in [0.25, 0.3) is 0 Å². The maximum atomic E-state index is 10.7. The number of aromatic amines is 1. The molecule has 1 rings (SSSR count). The van der Waals surface area contributed by atoms with Gasteiger partial charge in [0.15, 0.2) is 5.16 Å². The summed E-state index contributed by atoms with van der Waals surface area (Å²) < 4.78 is 0.